The van der Waals surface area contributed by atoms with Crippen molar-refractivity contribution >= 4 is 11.6 Å². The van der Waals surface area contributed by atoms with Gasteiger partial charge in [-0.1, -0.05) is 19.9 Å². The number of nitrogens with two attached hydrogens (primary N) is 1. The fourth-order valence-corrected chi connectivity index (χ4v) is 1.73. The number of hydrogen-bond donors (Lipinski definition) is 1. The van der Waals surface area contributed by atoms with E-state index in [1.165, 1.54) is 12.1 Å². The zero-order valence-corrected chi connectivity index (χ0v) is 10.9. The second-order valence-electron chi connectivity index (χ2n) is 4.82. The van der Waals surface area contributed by atoms with Crippen LogP contribution >= 0.6 is 0 Å². The van der Waals surface area contributed by atoms with Gasteiger partial charge in [-0.05, 0) is 24.1 Å². The summed E-state index contributed by atoms with van der Waals surface area (Å²) in [5.74, 6) is -0.703. The minimum Gasteiger partial charge on any atom is -0.399 e. The maximum absolute atomic E-state index is 12.5. The van der Waals surface area contributed by atoms with Crippen LogP contribution in [0.1, 0.15) is 24.2 Å². The number of halogens is 3. The molecule has 0 aliphatic carbocycles. The first kappa shape index (κ1) is 15.3. The fourth-order valence-electron chi connectivity index (χ4n) is 1.73. The maximum Gasteiger partial charge on any atom is 0.406 e. The van der Waals surface area contributed by atoms with Crippen molar-refractivity contribution < 1.29 is 18.0 Å². The van der Waals surface area contributed by atoms with E-state index < -0.39 is 18.6 Å². The van der Waals surface area contributed by atoms with Gasteiger partial charge in [0.2, 0.25) is 0 Å². The highest BCUT2D eigenvalue weighted by atomic mass is 19.4. The van der Waals surface area contributed by atoms with Crippen molar-refractivity contribution in [1.29, 1.82) is 0 Å². The molecule has 1 aromatic carbocycles. The molecule has 1 aromatic rings. The second kappa shape index (κ2) is 5.95. The molecule has 0 atom stereocenters. The lowest BCUT2D eigenvalue weighted by molar-refractivity contribution is -0.141. The van der Waals surface area contributed by atoms with Crippen LogP contribution in [0.15, 0.2) is 24.3 Å². The summed E-state index contributed by atoms with van der Waals surface area (Å²) in [6.45, 7) is 2.32. The summed E-state index contributed by atoms with van der Waals surface area (Å²) >= 11 is 0. The number of carbonyl (C=O) groups excluding carboxylic acids is 1. The molecule has 0 fully saturated rings. The van der Waals surface area contributed by atoms with E-state index in [1.807, 2.05) is 0 Å². The average Bonchev–Trinajstić information content (AvgIpc) is 2.24. The Morgan fingerprint density at radius 3 is 2.47 bits per heavy atom. The van der Waals surface area contributed by atoms with E-state index >= 15 is 0 Å². The molecule has 1 amide bonds. The molecule has 0 aliphatic rings. The molecule has 0 aromatic heterocycles. The van der Waals surface area contributed by atoms with Crippen molar-refractivity contribution in [3.63, 3.8) is 0 Å². The van der Waals surface area contributed by atoms with Gasteiger partial charge in [-0.2, -0.15) is 13.2 Å². The van der Waals surface area contributed by atoms with E-state index in [4.69, 9.17) is 5.73 Å². The Morgan fingerprint density at radius 1 is 1.37 bits per heavy atom. The first-order valence-electron chi connectivity index (χ1n) is 5.90. The van der Waals surface area contributed by atoms with Crippen molar-refractivity contribution in [2.75, 3.05) is 18.8 Å². The molecule has 2 N–H and O–H groups in total. The zero-order valence-electron chi connectivity index (χ0n) is 10.9. The molecular formula is C13H17F3N2O. The molecular weight excluding hydrogens is 257 g/mol. The van der Waals surface area contributed by atoms with Crippen LogP contribution in [0.5, 0.6) is 0 Å². The molecule has 106 valence electrons. The summed E-state index contributed by atoms with van der Waals surface area (Å²) < 4.78 is 37.5. The number of rotatable bonds is 4. The SMILES string of the molecule is CC(C)CN(CC(F)(F)F)C(=O)c1cccc(N)c1. The van der Waals surface area contributed by atoms with Crippen molar-refractivity contribution in [2.45, 2.75) is 20.0 Å². The quantitative estimate of drug-likeness (QED) is 0.858. The molecule has 0 saturated carbocycles. The monoisotopic (exact) mass is 274 g/mol. The highest BCUT2D eigenvalue weighted by Crippen LogP contribution is 2.19. The first-order chi connectivity index (χ1) is 8.69. The first-order valence-corrected chi connectivity index (χ1v) is 5.90. The number of anilines is 1. The molecule has 0 unspecified atom stereocenters. The summed E-state index contributed by atoms with van der Waals surface area (Å²) in [6, 6.07) is 5.96. The summed E-state index contributed by atoms with van der Waals surface area (Å²) in [4.78, 5) is 12.9. The van der Waals surface area contributed by atoms with Gasteiger partial charge < -0.3 is 10.6 Å². The third-order valence-corrected chi connectivity index (χ3v) is 2.38. The van der Waals surface area contributed by atoms with Crippen LogP contribution in [-0.2, 0) is 0 Å². The van der Waals surface area contributed by atoms with Crippen LogP contribution in [0.3, 0.4) is 0 Å². The number of nitrogen functional groups attached to an aromatic ring is 1. The van der Waals surface area contributed by atoms with Gasteiger partial charge in [0.15, 0.2) is 0 Å². The maximum atomic E-state index is 12.5. The van der Waals surface area contributed by atoms with Gasteiger partial charge in [0, 0.05) is 17.8 Å². The number of nitrogens with zero attached hydrogens (tertiary/aromatic N) is 1. The topological polar surface area (TPSA) is 46.3 Å². The minimum absolute atomic E-state index is 0.0487. The predicted octanol–water partition coefficient (Wildman–Crippen LogP) is 2.93. The number of carbonyl (C=O) groups is 1. The third kappa shape index (κ3) is 5.19. The number of alkyl halides is 3. The molecule has 3 nitrogen and oxygen atoms in total. The Hall–Kier alpha value is -1.72. The van der Waals surface area contributed by atoms with Gasteiger partial charge in [-0.25, -0.2) is 0 Å². The molecule has 19 heavy (non-hydrogen) atoms. The lowest BCUT2D eigenvalue weighted by atomic mass is 10.1. The van der Waals surface area contributed by atoms with E-state index in [0.29, 0.717) is 5.69 Å². The Bertz CT molecular complexity index is 444. The molecule has 1 rings (SSSR count). The average molecular weight is 274 g/mol. The van der Waals surface area contributed by atoms with Gasteiger partial charge in [0.25, 0.3) is 5.91 Å². The summed E-state index contributed by atoms with van der Waals surface area (Å²) in [5, 5.41) is 0. The molecule has 6 heteroatoms. The van der Waals surface area contributed by atoms with Crippen LogP contribution < -0.4 is 5.73 Å². The summed E-state index contributed by atoms with van der Waals surface area (Å²) in [5.41, 5.74) is 6.05. The highest BCUT2D eigenvalue weighted by molar-refractivity contribution is 5.95. The molecule has 0 radical (unpaired) electrons. The van der Waals surface area contributed by atoms with Crippen LogP contribution in [0.4, 0.5) is 18.9 Å². The fraction of sp³-hybridized carbons (Fsp3) is 0.462. The minimum atomic E-state index is -4.41. The predicted molar refractivity (Wildman–Crippen MR) is 67.7 cm³/mol. The number of amides is 1. The lowest BCUT2D eigenvalue weighted by Crippen LogP contribution is -2.41. The van der Waals surface area contributed by atoms with Crippen LogP contribution in [0, 0.1) is 5.92 Å². The Kier molecular flexibility index (Phi) is 4.80. The number of benzene rings is 1. The highest BCUT2D eigenvalue weighted by Gasteiger charge is 2.33. The molecule has 0 heterocycles. The Morgan fingerprint density at radius 2 is 2.00 bits per heavy atom. The summed E-state index contributed by atoms with van der Waals surface area (Å²) in [6.07, 6.45) is -4.41. The van der Waals surface area contributed by atoms with E-state index in [1.54, 1.807) is 26.0 Å². The van der Waals surface area contributed by atoms with Gasteiger partial charge in [-0.15, -0.1) is 0 Å². The van der Waals surface area contributed by atoms with Crippen molar-refractivity contribution in [3.05, 3.63) is 29.8 Å². The van der Waals surface area contributed by atoms with Crippen LogP contribution in [0.2, 0.25) is 0 Å². The Labute approximate surface area is 110 Å². The zero-order chi connectivity index (χ0) is 14.6. The molecule has 0 aliphatic heterocycles. The van der Waals surface area contributed by atoms with Crippen molar-refractivity contribution in [2.24, 2.45) is 5.92 Å². The van der Waals surface area contributed by atoms with E-state index in [-0.39, 0.29) is 18.0 Å². The van der Waals surface area contributed by atoms with Crippen molar-refractivity contribution in [1.82, 2.24) is 4.90 Å². The van der Waals surface area contributed by atoms with Crippen molar-refractivity contribution in [3.8, 4) is 0 Å². The number of hydrogen-bond acceptors (Lipinski definition) is 2. The van der Waals surface area contributed by atoms with Crippen LogP contribution in [0.25, 0.3) is 0 Å². The molecule has 0 spiro atoms. The molecule has 0 bridgehead atoms. The lowest BCUT2D eigenvalue weighted by Gasteiger charge is -2.25. The van der Waals surface area contributed by atoms with E-state index in [0.717, 1.165) is 4.90 Å². The van der Waals surface area contributed by atoms with E-state index in [2.05, 4.69) is 0 Å². The Balaban J connectivity index is 2.93. The smallest absolute Gasteiger partial charge is 0.399 e. The third-order valence-electron chi connectivity index (χ3n) is 2.38. The van der Waals surface area contributed by atoms with Gasteiger partial charge in [-0.3, -0.25) is 4.79 Å². The van der Waals surface area contributed by atoms with Gasteiger partial charge >= 0.3 is 6.18 Å². The van der Waals surface area contributed by atoms with Gasteiger partial charge in [0.1, 0.15) is 6.54 Å². The van der Waals surface area contributed by atoms with E-state index in [9.17, 15) is 18.0 Å². The van der Waals surface area contributed by atoms with Crippen LogP contribution in [-0.4, -0.2) is 30.1 Å². The normalized spacial score (nSPS) is 11.7. The summed E-state index contributed by atoms with van der Waals surface area (Å²) in [7, 11) is 0. The standard InChI is InChI=1S/C13H17F3N2O/c1-9(2)7-18(8-13(14,15)16)12(19)10-4-3-5-11(17)6-10/h3-6,9H,7-8,17H2,1-2H3. The van der Waals surface area contributed by atoms with Gasteiger partial charge in [0.05, 0.1) is 0 Å². The second-order valence-corrected chi connectivity index (χ2v) is 4.82. The molecule has 0 saturated heterocycles. The largest absolute Gasteiger partial charge is 0.406 e.